The van der Waals surface area contributed by atoms with Crippen LogP contribution in [0.1, 0.15) is 44.1 Å². The van der Waals surface area contributed by atoms with Crippen LogP contribution in [0.4, 0.5) is 0 Å². The molecule has 1 N–H and O–H groups in total. The van der Waals surface area contributed by atoms with Gasteiger partial charge in [-0.1, -0.05) is 30.5 Å². The highest BCUT2D eigenvalue weighted by Crippen LogP contribution is 2.42. The third-order valence-corrected chi connectivity index (χ3v) is 4.10. The van der Waals surface area contributed by atoms with E-state index in [9.17, 15) is 9.90 Å². The average Bonchev–Trinajstić information content (AvgIpc) is 2.87. The first-order valence-electron chi connectivity index (χ1n) is 7.05. The lowest BCUT2D eigenvalue weighted by atomic mass is 9.82. The van der Waals surface area contributed by atoms with Gasteiger partial charge in [-0.3, -0.25) is 4.79 Å². The fourth-order valence-corrected chi connectivity index (χ4v) is 2.86. The monoisotopic (exact) mass is 262 g/mol. The van der Waals surface area contributed by atoms with Crippen LogP contribution in [0.5, 0.6) is 5.75 Å². The molecule has 0 radical (unpaired) electrons. The molecule has 0 aliphatic heterocycles. The molecule has 1 fully saturated rings. The molecule has 0 amide bonds. The fourth-order valence-electron chi connectivity index (χ4n) is 2.86. The van der Waals surface area contributed by atoms with Crippen LogP contribution in [0.15, 0.2) is 24.3 Å². The van der Waals surface area contributed by atoms with Gasteiger partial charge in [0.05, 0.1) is 12.0 Å². The van der Waals surface area contributed by atoms with E-state index < -0.39 is 11.4 Å². The first-order chi connectivity index (χ1) is 9.12. The zero-order valence-electron chi connectivity index (χ0n) is 11.5. The van der Waals surface area contributed by atoms with Crippen molar-refractivity contribution in [3.63, 3.8) is 0 Å². The zero-order valence-corrected chi connectivity index (χ0v) is 11.5. The Morgan fingerprint density at radius 3 is 2.47 bits per heavy atom. The average molecular weight is 262 g/mol. The summed E-state index contributed by atoms with van der Waals surface area (Å²) >= 11 is 0. The number of ether oxygens (including phenoxy) is 1. The minimum atomic E-state index is -0.625. The van der Waals surface area contributed by atoms with E-state index in [2.05, 4.69) is 0 Å². The minimum Gasteiger partial charge on any atom is -0.494 e. The van der Waals surface area contributed by atoms with Crippen LogP contribution in [0.3, 0.4) is 0 Å². The van der Waals surface area contributed by atoms with Gasteiger partial charge in [-0.25, -0.2) is 0 Å². The molecule has 0 saturated heterocycles. The maximum Gasteiger partial charge on any atom is 0.309 e. The van der Waals surface area contributed by atoms with Crippen LogP contribution >= 0.6 is 0 Å². The molecule has 3 nitrogen and oxygen atoms in total. The summed E-state index contributed by atoms with van der Waals surface area (Å²) in [4.78, 5) is 11.4. The number of carbonyl (C=O) groups is 1. The molecular formula is C16H22O3. The van der Waals surface area contributed by atoms with Gasteiger partial charge in [0.2, 0.25) is 0 Å². The molecule has 0 spiro atoms. The smallest absolute Gasteiger partial charge is 0.309 e. The normalized spacial score (nSPS) is 17.3. The number of hydrogen-bond acceptors (Lipinski definition) is 2. The van der Waals surface area contributed by atoms with Crippen molar-refractivity contribution in [1.82, 2.24) is 0 Å². The summed E-state index contributed by atoms with van der Waals surface area (Å²) in [6.45, 7) is 2.64. The Hall–Kier alpha value is -1.51. The molecule has 0 bridgehead atoms. The first kappa shape index (κ1) is 13.9. The summed E-state index contributed by atoms with van der Waals surface area (Å²) in [6, 6.07) is 7.95. The van der Waals surface area contributed by atoms with Crippen LogP contribution in [-0.2, 0) is 4.79 Å². The Morgan fingerprint density at radius 1 is 1.26 bits per heavy atom. The molecule has 0 heterocycles. The molecule has 2 rings (SSSR count). The number of aryl methyl sites for hydroxylation is 1. The number of carboxylic acid groups (broad SMARTS) is 1. The Labute approximate surface area is 114 Å². The standard InChI is InChI=1S/C16H22O3/c1-13-5-7-14(8-6-13)19-12-4-11-16(15(17)18)9-2-3-10-16/h5-8H,2-4,9-12H2,1H3,(H,17,18). The number of rotatable bonds is 6. The summed E-state index contributed by atoms with van der Waals surface area (Å²) in [6.07, 6.45) is 5.28. The van der Waals surface area contributed by atoms with Gasteiger partial charge in [-0.15, -0.1) is 0 Å². The highest BCUT2D eigenvalue weighted by molar-refractivity contribution is 5.74. The second-order valence-electron chi connectivity index (χ2n) is 5.56. The van der Waals surface area contributed by atoms with Gasteiger partial charge in [0.15, 0.2) is 0 Å². The lowest BCUT2D eigenvalue weighted by molar-refractivity contribution is -0.149. The van der Waals surface area contributed by atoms with Gasteiger partial charge >= 0.3 is 5.97 Å². The van der Waals surface area contributed by atoms with E-state index in [0.717, 1.165) is 44.3 Å². The molecule has 19 heavy (non-hydrogen) atoms. The number of hydrogen-bond donors (Lipinski definition) is 1. The molecule has 0 aromatic heterocycles. The molecule has 1 aliphatic carbocycles. The van der Waals surface area contributed by atoms with Crippen molar-refractivity contribution < 1.29 is 14.6 Å². The van der Waals surface area contributed by atoms with Crippen LogP contribution in [0.2, 0.25) is 0 Å². The van der Waals surface area contributed by atoms with Gasteiger partial charge in [-0.05, 0) is 44.7 Å². The number of benzene rings is 1. The van der Waals surface area contributed by atoms with Crippen LogP contribution in [0.25, 0.3) is 0 Å². The van der Waals surface area contributed by atoms with Gasteiger partial charge in [0, 0.05) is 0 Å². The van der Waals surface area contributed by atoms with Crippen LogP contribution < -0.4 is 4.74 Å². The molecule has 1 aromatic rings. The van der Waals surface area contributed by atoms with E-state index in [4.69, 9.17) is 4.74 Å². The Balaban J connectivity index is 1.77. The highest BCUT2D eigenvalue weighted by atomic mass is 16.5. The summed E-state index contributed by atoms with van der Waals surface area (Å²) in [5, 5.41) is 9.37. The summed E-state index contributed by atoms with van der Waals surface area (Å²) in [5.74, 6) is 0.238. The number of aliphatic carboxylic acids is 1. The molecular weight excluding hydrogens is 240 g/mol. The second-order valence-corrected chi connectivity index (χ2v) is 5.56. The summed E-state index contributed by atoms with van der Waals surface area (Å²) in [7, 11) is 0. The Bertz CT molecular complexity index is 416. The fraction of sp³-hybridized carbons (Fsp3) is 0.562. The van der Waals surface area contributed by atoms with E-state index in [1.54, 1.807) is 0 Å². The van der Waals surface area contributed by atoms with Crippen molar-refractivity contribution >= 4 is 5.97 Å². The van der Waals surface area contributed by atoms with E-state index in [0.29, 0.717) is 6.61 Å². The summed E-state index contributed by atoms with van der Waals surface area (Å²) < 4.78 is 5.65. The number of carboxylic acids is 1. The van der Waals surface area contributed by atoms with Crippen molar-refractivity contribution in [1.29, 1.82) is 0 Å². The third kappa shape index (κ3) is 3.49. The molecule has 104 valence electrons. The van der Waals surface area contributed by atoms with E-state index >= 15 is 0 Å². The Morgan fingerprint density at radius 2 is 1.89 bits per heavy atom. The van der Waals surface area contributed by atoms with Crippen molar-refractivity contribution in [2.75, 3.05) is 6.61 Å². The highest BCUT2D eigenvalue weighted by Gasteiger charge is 2.40. The van der Waals surface area contributed by atoms with Gasteiger partial charge < -0.3 is 9.84 Å². The molecule has 1 aliphatic rings. The quantitative estimate of drug-likeness (QED) is 0.793. The lowest BCUT2D eigenvalue weighted by Gasteiger charge is -2.23. The maximum atomic E-state index is 11.4. The lowest BCUT2D eigenvalue weighted by Crippen LogP contribution is -2.28. The van der Waals surface area contributed by atoms with Crippen molar-refractivity contribution in [3.8, 4) is 5.75 Å². The zero-order chi connectivity index (χ0) is 13.7. The van der Waals surface area contributed by atoms with Gasteiger partial charge in [0.25, 0.3) is 0 Å². The van der Waals surface area contributed by atoms with Gasteiger partial charge in [-0.2, -0.15) is 0 Å². The van der Waals surface area contributed by atoms with Crippen LogP contribution in [-0.4, -0.2) is 17.7 Å². The SMILES string of the molecule is Cc1ccc(OCCCC2(C(=O)O)CCCC2)cc1. The minimum absolute atomic E-state index is 0.476. The van der Waals surface area contributed by atoms with Crippen molar-refractivity contribution in [2.45, 2.75) is 45.4 Å². The maximum absolute atomic E-state index is 11.4. The first-order valence-corrected chi connectivity index (χ1v) is 7.05. The van der Waals surface area contributed by atoms with E-state index in [-0.39, 0.29) is 0 Å². The molecule has 1 aromatic carbocycles. The predicted molar refractivity (Wildman–Crippen MR) is 74.4 cm³/mol. The van der Waals surface area contributed by atoms with E-state index in [1.807, 2.05) is 31.2 Å². The van der Waals surface area contributed by atoms with Crippen molar-refractivity contribution in [2.24, 2.45) is 5.41 Å². The molecule has 0 unspecified atom stereocenters. The Kier molecular flexibility index (Phi) is 4.46. The van der Waals surface area contributed by atoms with Gasteiger partial charge in [0.1, 0.15) is 5.75 Å². The topological polar surface area (TPSA) is 46.5 Å². The second kappa shape index (κ2) is 6.09. The molecule has 3 heteroatoms. The molecule has 0 atom stereocenters. The predicted octanol–water partition coefficient (Wildman–Crippen LogP) is 3.80. The third-order valence-electron chi connectivity index (χ3n) is 4.10. The largest absolute Gasteiger partial charge is 0.494 e. The molecule has 1 saturated carbocycles. The van der Waals surface area contributed by atoms with E-state index in [1.165, 1.54) is 5.56 Å². The van der Waals surface area contributed by atoms with Crippen LogP contribution in [0, 0.1) is 12.3 Å². The summed E-state index contributed by atoms with van der Waals surface area (Å²) in [5.41, 5.74) is 0.736. The van der Waals surface area contributed by atoms with Crippen molar-refractivity contribution in [3.05, 3.63) is 29.8 Å².